The normalized spacial score (nSPS) is 16.6. The number of hydrogen-bond donors (Lipinski definition) is 1. The molecule has 0 saturated heterocycles. The van der Waals surface area contributed by atoms with Crippen LogP contribution in [0.2, 0.25) is 0 Å². The smallest absolute Gasteiger partial charge is 0.0989 e. The van der Waals surface area contributed by atoms with Crippen LogP contribution in [0.1, 0.15) is 32.4 Å². The minimum absolute atomic E-state index is 0.770. The van der Waals surface area contributed by atoms with Crippen molar-refractivity contribution in [2.45, 2.75) is 38.8 Å². The minimum atomic E-state index is -0.770. The van der Waals surface area contributed by atoms with Gasteiger partial charge in [0.05, 0.1) is 11.3 Å². The average Bonchev–Trinajstić information content (AvgIpc) is 2.98. The molecule has 1 aromatic heterocycles. The lowest BCUT2D eigenvalue weighted by Crippen LogP contribution is -2.21. The Bertz CT molecular complexity index is 544. The largest absolute Gasteiger partial charge is 0.384 e. The van der Waals surface area contributed by atoms with Crippen molar-refractivity contribution in [2.24, 2.45) is 5.92 Å². The molecule has 2 nitrogen and oxygen atoms in total. The van der Waals surface area contributed by atoms with Crippen molar-refractivity contribution in [2.75, 3.05) is 0 Å². The summed E-state index contributed by atoms with van der Waals surface area (Å²) in [5, 5.41) is 11.5. The van der Waals surface area contributed by atoms with Gasteiger partial charge in [0.15, 0.2) is 0 Å². The van der Waals surface area contributed by atoms with Gasteiger partial charge in [0, 0.05) is 12.1 Å². The molecule has 1 aliphatic rings. The highest BCUT2D eigenvalue weighted by Crippen LogP contribution is 2.35. The minimum Gasteiger partial charge on any atom is -0.384 e. The van der Waals surface area contributed by atoms with Crippen molar-refractivity contribution >= 4 is 10.9 Å². The summed E-state index contributed by atoms with van der Waals surface area (Å²) in [6.07, 6.45) is 2.66. The summed E-state index contributed by atoms with van der Waals surface area (Å²) in [5.74, 6) is 0.812. The number of hydrogen-bond acceptors (Lipinski definition) is 1. The van der Waals surface area contributed by atoms with Crippen LogP contribution in [0.5, 0.6) is 0 Å². The Hall–Kier alpha value is -1.28. The van der Waals surface area contributed by atoms with Crippen LogP contribution in [0.25, 0.3) is 10.9 Å². The Morgan fingerprint density at radius 1 is 1.29 bits per heavy atom. The Morgan fingerprint density at radius 3 is 2.65 bits per heavy atom. The van der Waals surface area contributed by atoms with E-state index >= 15 is 0 Å². The van der Waals surface area contributed by atoms with E-state index in [0.717, 1.165) is 18.2 Å². The van der Waals surface area contributed by atoms with E-state index in [4.69, 9.17) is 0 Å². The predicted molar refractivity (Wildman–Crippen MR) is 69.9 cm³/mol. The zero-order valence-corrected chi connectivity index (χ0v) is 10.5. The van der Waals surface area contributed by atoms with Gasteiger partial charge >= 0.3 is 0 Å². The van der Waals surface area contributed by atoms with E-state index in [2.05, 4.69) is 34.9 Å². The maximum Gasteiger partial charge on any atom is 0.0989 e. The second-order valence-corrected chi connectivity index (χ2v) is 5.70. The van der Waals surface area contributed by atoms with Crippen molar-refractivity contribution < 1.29 is 5.11 Å². The van der Waals surface area contributed by atoms with Gasteiger partial charge in [-0.25, -0.2) is 0 Å². The Balaban J connectivity index is 2.17. The number of para-hydroxylation sites is 1. The summed E-state index contributed by atoms with van der Waals surface area (Å²) < 4.78 is 2.30. The third-order valence-electron chi connectivity index (χ3n) is 3.58. The standard InChI is InChI=1S/C15H19NO/c1-15(2,17)14-9-12-5-3-4-6-13(12)16(14)10-11-7-8-11/h3-6,9,11,17H,7-8,10H2,1-2H3. The topological polar surface area (TPSA) is 25.2 Å². The van der Waals surface area contributed by atoms with Crippen LogP contribution in [-0.2, 0) is 12.1 Å². The molecule has 0 spiro atoms. The highest BCUT2D eigenvalue weighted by molar-refractivity contribution is 5.81. The monoisotopic (exact) mass is 229 g/mol. The number of aliphatic hydroxyl groups is 1. The van der Waals surface area contributed by atoms with Gasteiger partial charge in [-0.1, -0.05) is 18.2 Å². The maximum absolute atomic E-state index is 10.3. The summed E-state index contributed by atoms with van der Waals surface area (Å²) >= 11 is 0. The zero-order valence-electron chi connectivity index (χ0n) is 10.5. The molecule has 90 valence electrons. The third-order valence-corrected chi connectivity index (χ3v) is 3.58. The quantitative estimate of drug-likeness (QED) is 0.858. The highest BCUT2D eigenvalue weighted by Gasteiger charge is 2.27. The molecule has 2 aromatic rings. The number of aromatic nitrogens is 1. The molecule has 1 heterocycles. The lowest BCUT2D eigenvalue weighted by atomic mass is 10.1. The van der Waals surface area contributed by atoms with Crippen molar-refractivity contribution in [3.8, 4) is 0 Å². The summed E-state index contributed by atoms with van der Waals surface area (Å²) in [4.78, 5) is 0. The molecule has 1 aliphatic carbocycles. The van der Waals surface area contributed by atoms with Crippen LogP contribution < -0.4 is 0 Å². The number of rotatable bonds is 3. The average molecular weight is 229 g/mol. The van der Waals surface area contributed by atoms with Gasteiger partial charge in [-0.05, 0) is 50.1 Å². The Labute approximate surface area is 102 Å². The van der Waals surface area contributed by atoms with Crippen LogP contribution in [-0.4, -0.2) is 9.67 Å². The van der Waals surface area contributed by atoms with E-state index in [-0.39, 0.29) is 0 Å². The first-order valence-electron chi connectivity index (χ1n) is 6.37. The SMILES string of the molecule is CC(C)(O)c1cc2ccccc2n1CC1CC1. The van der Waals surface area contributed by atoms with Crippen molar-refractivity contribution in [1.29, 1.82) is 0 Å². The van der Waals surface area contributed by atoms with Crippen molar-refractivity contribution in [1.82, 2.24) is 4.57 Å². The molecule has 0 amide bonds. The molecule has 17 heavy (non-hydrogen) atoms. The summed E-state index contributed by atoms with van der Waals surface area (Å²) in [7, 11) is 0. The fourth-order valence-corrected chi connectivity index (χ4v) is 2.47. The van der Waals surface area contributed by atoms with E-state index in [1.807, 2.05) is 13.8 Å². The molecule has 0 aliphatic heterocycles. The summed E-state index contributed by atoms with van der Waals surface area (Å²) in [6.45, 7) is 4.78. The molecule has 0 bridgehead atoms. The Morgan fingerprint density at radius 2 is 2.00 bits per heavy atom. The van der Waals surface area contributed by atoms with Crippen molar-refractivity contribution in [3.63, 3.8) is 0 Å². The fraction of sp³-hybridized carbons (Fsp3) is 0.467. The predicted octanol–water partition coefficient (Wildman–Crippen LogP) is 3.28. The Kier molecular flexibility index (Phi) is 2.30. The molecule has 1 saturated carbocycles. The van der Waals surface area contributed by atoms with Crippen LogP contribution in [0.15, 0.2) is 30.3 Å². The molecule has 1 N–H and O–H groups in total. The maximum atomic E-state index is 10.3. The van der Waals surface area contributed by atoms with E-state index in [9.17, 15) is 5.11 Å². The lowest BCUT2D eigenvalue weighted by molar-refractivity contribution is 0.0699. The first-order chi connectivity index (χ1) is 8.05. The summed E-state index contributed by atoms with van der Waals surface area (Å²) in [5.41, 5.74) is 1.51. The first kappa shape index (κ1) is 10.8. The number of fused-ring (bicyclic) bond motifs is 1. The second kappa shape index (κ2) is 3.61. The molecule has 0 atom stereocenters. The molecular weight excluding hydrogens is 210 g/mol. The van der Waals surface area contributed by atoms with E-state index in [1.165, 1.54) is 23.7 Å². The molecule has 0 radical (unpaired) electrons. The molecule has 2 heteroatoms. The molecule has 3 rings (SSSR count). The third kappa shape index (κ3) is 1.98. The van der Waals surface area contributed by atoms with Gasteiger partial charge in [0.25, 0.3) is 0 Å². The summed E-state index contributed by atoms with van der Waals surface area (Å²) in [6, 6.07) is 10.5. The van der Waals surface area contributed by atoms with E-state index in [0.29, 0.717) is 0 Å². The van der Waals surface area contributed by atoms with Gasteiger partial charge < -0.3 is 9.67 Å². The van der Waals surface area contributed by atoms with Crippen LogP contribution >= 0.6 is 0 Å². The van der Waals surface area contributed by atoms with E-state index < -0.39 is 5.60 Å². The van der Waals surface area contributed by atoms with Crippen LogP contribution in [0.4, 0.5) is 0 Å². The molecule has 0 unspecified atom stereocenters. The van der Waals surface area contributed by atoms with Gasteiger partial charge in [0.2, 0.25) is 0 Å². The van der Waals surface area contributed by atoms with Gasteiger partial charge in [-0.2, -0.15) is 0 Å². The van der Waals surface area contributed by atoms with Gasteiger partial charge in [-0.3, -0.25) is 0 Å². The molecule has 1 fully saturated rings. The highest BCUT2D eigenvalue weighted by atomic mass is 16.3. The molecule has 1 aromatic carbocycles. The number of nitrogens with zero attached hydrogens (tertiary/aromatic N) is 1. The molecular formula is C15H19NO. The van der Waals surface area contributed by atoms with Gasteiger partial charge in [-0.15, -0.1) is 0 Å². The fourth-order valence-electron chi connectivity index (χ4n) is 2.47. The van der Waals surface area contributed by atoms with E-state index in [1.54, 1.807) is 0 Å². The lowest BCUT2D eigenvalue weighted by Gasteiger charge is -2.21. The van der Waals surface area contributed by atoms with Crippen LogP contribution in [0.3, 0.4) is 0 Å². The van der Waals surface area contributed by atoms with Gasteiger partial charge in [0.1, 0.15) is 0 Å². The number of benzene rings is 1. The zero-order chi connectivity index (χ0) is 12.0. The van der Waals surface area contributed by atoms with Crippen LogP contribution in [0, 0.1) is 5.92 Å². The first-order valence-corrected chi connectivity index (χ1v) is 6.37. The second-order valence-electron chi connectivity index (χ2n) is 5.70. The van der Waals surface area contributed by atoms with Crippen molar-refractivity contribution in [3.05, 3.63) is 36.0 Å².